The SMILES string of the molecule is O=C1c2cn(-c3ccc(N4C=CCC4)nc3)nc2CN1c1cncc(F)c1. The molecule has 0 fully saturated rings. The molecule has 2 aliphatic rings. The summed E-state index contributed by atoms with van der Waals surface area (Å²) in [7, 11) is 0. The minimum Gasteiger partial charge on any atom is -0.333 e. The van der Waals surface area contributed by atoms with Crippen LogP contribution in [0.5, 0.6) is 0 Å². The summed E-state index contributed by atoms with van der Waals surface area (Å²) >= 11 is 0. The van der Waals surface area contributed by atoms with Crippen molar-refractivity contribution in [1.82, 2.24) is 19.7 Å². The molecular weight excluding hydrogens is 347 g/mol. The van der Waals surface area contributed by atoms with E-state index in [1.165, 1.54) is 17.2 Å². The highest BCUT2D eigenvalue weighted by Crippen LogP contribution is 2.28. The van der Waals surface area contributed by atoms with Gasteiger partial charge in [-0.15, -0.1) is 0 Å². The smallest absolute Gasteiger partial charge is 0.262 e. The first-order chi connectivity index (χ1) is 13.2. The molecule has 0 aromatic carbocycles. The van der Waals surface area contributed by atoms with Gasteiger partial charge in [-0.1, -0.05) is 6.08 Å². The van der Waals surface area contributed by atoms with Gasteiger partial charge in [-0.25, -0.2) is 14.1 Å². The van der Waals surface area contributed by atoms with Crippen LogP contribution in [0.25, 0.3) is 5.69 Å². The van der Waals surface area contributed by atoms with Gasteiger partial charge in [0.25, 0.3) is 5.91 Å². The number of aromatic nitrogens is 4. The van der Waals surface area contributed by atoms with E-state index in [4.69, 9.17) is 0 Å². The molecule has 5 heterocycles. The molecule has 5 rings (SSSR count). The molecule has 0 N–H and O–H groups in total. The summed E-state index contributed by atoms with van der Waals surface area (Å²) in [6.07, 6.45) is 11.2. The Balaban J connectivity index is 1.40. The summed E-state index contributed by atoms with van der Waals surface area (Å²) < 4.78 is 15.1. The highest BCUT2D eigenvalue weighted by atomic mass is 19.1. The number of hydrogen-bond acceptors (Lipinski definition) is 5. The molecule has 0 atom stereocenters. The standard InChI is InChI=1S/C19H15FN6O/c20-13-7-15(9-21-8-13)25-12-17-16(19(25)27)11-26(23-17)14-3-4-18(22-10-14)24-5-1-2-6-24/h1,3-5,7-11H,2,6,12H2. The van der Waals surface area contributed by atoms with Crippen molar-refractivity contribution in [2.45, 2.75) is 13.0 Å². The van der Waals surface area contributed by atoms with Crippen molar-refractivity contribution in [3.63, 3.8) is 0 Å². The lowest BCUT2D eigenvalue weighted by molar-refractivity contribution is 0.0996. The molecule has 0 bridgehead atoms. The predicted molar refractivity (Wildman–Crippen MR) is 97.2 cm³/mol. The Labute approximate surface area is 154 Å². The van der Waals surface area contributed by atoms with Crippen molar-refractivity contribution in [1.29, 1.82) is 0 Å². The van der Waals surface area contributed by atoms with Crippen LogP contribution in [0.3, 0.4) is 0 Å². The number of hydrogen-bond donors (Lipinski definition) is 0. The van der Waals surface area contributed by atoms with E-state index in [0.717, 1.165) is 30.7 Å². The van der Waals surface area contributed by atoms with Crippen molar-refractivity contribution < 1.29 is 9.18 Å². The van der Waals surface area contributed by atoms with E-state index in [9.17, 15) is 9.18 Å². The van der Waals surface area contributed by atoms with Crippen molar-refractivity contribution in [2.75, 3.05) is 16.3 Å². The molecule has 1 amide bonds. The first kappa shape index (κ1) is 15.7. The zero-order chi connectivity index (χ0) is 18.4. The summed E-state index contributed by atoms with van der Waals surface area (Å²) in [6.45, 7) is 1.22. The van der Waals surface area contributed by atoms with Crippen LogP contribution in [0.2, 0.25) is 0 Å². The van der Waals surface area contributed by atoms with Gasteiger partial charge in [0.05, 0.1) is 47.8 Å². The zero-order valence-electron chi connectivity index (χ0n) is 14.3. The number of fused-ring (bicyclic) bond motifs is 1. The number of rotatable bonds is 3. The van der Waals surface area contributed by atoms with E-state index >= 15 is 0 Å². The fraction of sp³-hybridized carbons (Fsp3) is 0.158. The maximum absolute atomic E-state index is 13.4. The minimum absolute atomic E-state index is 0.213. The molecule has 3 aromatic rings. The number of pyridine rings is 2. The third kappa shape index (κ3) is 2.66. The van der Waals surface area contributed by atoms with Gasteiger partial charge in [-0.2, -0.15) is 5.10 Å². The molecule has 0 spiro atoms. The van der Waals surface area contributed by atoms with E-state index in [1.54, 1.807) is 17.1 Å². The number of amides is 1. The summed E-state index contributed by atoms with van der Waals surface area (Å²) in [4.78, 5) is 24.5. The van der Waals surface area contributed by atoms with Crippen LogP contribution in [0.4, 0.5) is 15.9 Å². The molecule has 27 heavy (non-hydrogen) atoms. The summed E-state index contributed by atoms with van der Waals surface area (Å²) in [6, 6.07) is 5.15. The first-order valence-electron chi connectivity index (χ1n) is 8.60. The van der Waals surface area contributed by atoms with E-state index in [0.29, 0.717) is 16.9 Å². The molecule has 0 saturated carbocycles. The van der Waals surface area contributed by atoms with E-state index in [2.05, 4.69) is 26.0 Å². The number of nitrogens with zero attached hydrogens (tertiary/aromatic N) is 6. The molecule has 3 aromatic heterocycles. The molecule has 2 aliphatic heterocycles. The van der Waals surface area contributed by atoms with E-state index in [1.807, 2.05) is 18.3 Å². The van der Waals surface area contributed by atoms with E-state index < -0.39 is 5.82 Å². The number of halogens is 1. The molecule has 7 nitrogen and oxygen atoms in total. The van der Waals surface area contributed by atoms with Gasteiger partial charge in [-0.05, 0) is 18.6 Å². The highest BCUT2D eigenvalue weighted by molar-refractivity contribution is 6.09. The predicted octanol–water partition coefficient (Wildman–Crippen LogP) is 2.69. The second-order valence-corrected chi connectivity index (χ2v) is 6.43. The lowest BCUT2D eigenvalue weighted by Crippen LogP contribution is -2.24. The van der Waals surface area contributed by atoms with Crippen LogP contribution < -0.4 is 9.80 Å². The highest BCUT2D eigenvalue weighted by Gasteiger charge is 2.32. The van der Waals surface area contributed by atoms with Gasteiger partial charge < -0.3 is 9.80 Å². The number of carbonyl (C=O) groups excluding carboxylic acids is 1. The molecular formula is C19H15FN6O. The minimum atomic E-state index is -0.478. The second kappa shape index (κ2) is 6.01. The van der Waals surface area contributed by atoms with Crippen molar-refractivity contribution in [2.24, 2.45) is 0 Å². The average Bonchev–Trinajstić information content (AvgIpc) is 3.40. The largest absolute Gasteiger partial charge is 0.333 e. The average molecular weight is 362 g/mol. The van der Waals surface area contributed by atoms with Crippen LogP contribution in [0, 0.1) is 5.82 Å². The molecule has 0 saturated heterocycles. The third-order valence-electron chi connectivity index (χ3n) is 4.69. The summed E-state index contributed by atoms with van der Waals surface area (Å²) in [5.41, 5.74) is 2.36. The molecule has 0 aliphatic carbocycles. The normalized spacial score (nSPS) is 15.7. The quantitative estimate of drug-likeness (QED) is 0.717. The first-order valence-corrected chi connectivity index (χ1v) is 8.60. The Kier molecular flexibility index (Phi) is 3.49. The Bertz CT molecular complexity index is 1060. The number of carbonyl (C=O) groups is 1. The van der Waals surface area contributed by atoms with Gasteiger partial charge in [0, 0.05) is 25.0 Å². The summed E-state index contributed by atoms with van der Waals surface area (Å²) in [5, 5.41) is 4.51. The lowest BCUT2D eigenvalue weighted by atomic mass is 10.3. The molecule has 0 radical (unpaired) electrons. The molecule has 0 unspecified atom stereocenters. The lowest BCUT2D eigenvalue weighted by Gasteiger charge is -2.16. The Morgan fingerprint density at radius 1 is 1.11 bits per heavy atom. The van der Waals surface area contributed by atoms with Crippen LogP contribution in [0.15, 0.2) is 55.3 Å². The second-order valence-electron chi connectivity index (χ2n) is 6.43. The van der Waals surface area contributed by atoms with Crippen molar-refractivity contribution >= 4 is 17.4 Å². The Morgan fingerprint density at radius 2 is 2.04 bits per heavy atom. The maximum Gasteiger partial charge on any atom is 0.262 e. The number of anilines is 2. The van der Waals surface area contributed by atoms with Gasteiger partial charge in [0.1, 0.15) is 11.6 Å². The van der Waals surface area contributed by atoms with Crippen LogP contribution in [-0.2, 0) is 6.54 Å². The van der Waals surface area contributed by atoms with Crippen LogP contribution in [0.1, 0.15) is 22.5 Å². The van der Waals surface area contributed by atoms with E-state index in [-0.39, 0.29) is 12.5 Å². The Hall–Kier alpha value is -3.55. The fourth-order valence-electron chi connectivity index (χ4n) is 3.33. The Morgan fingerprint density at radius 3 is 2.74 bits per heavy atom. The van der Waals surface area contributed by atoms with Gasteiger partial charge in [0.15, 0.2) is 0 Å². The van der Waals surface area contributed by atoms with Gasteiger partial charge in [-0.3, -0.25) is 9.78 Å². The monoisotopic (exact) mass is 362 g/mol. The third-order valence-corrected chi connectivity index (χ3v) is 4.69. The topological polar surface area (TPSA) is 67.2 Å². The van der Waals surface area contributed by atoms with Crippen molar-refractivity contribution in [3.8, 4) is 5.69 Å². The van der Waals surface area contributed by atoms with Crippen LogP contribution >= 0.6 is 0 Å². The van der Waals surface area contributed by atoms with Gasteiger partial charge in [0.2, 0.25) is 0 Å². The fourth-order valence-corrected chi connectivity index (χ4v) is 3.33. The zero-order valence-corrected chi connectivity index (χ0v) is 14.3. The van der Waals surface area contributed by atoms with Crippen molar-refractivity contribution in [3.05, 3.63) is 72.3 Å². The van der Waals surface area contributed by atoms with Crippen LogP contribution in [-0.4, -0.2) is 32.2 Å². The molecule has 8 heteroatoms. The molecule has 134 valence electrons. The maximum atomic E-state index is 13.4. The summed E-state index contributed by atoms with van der Waals surface area (Å²) in [5.74, 6) is 0.192. The van der Waals surface area contributed by atoms with Gasteiger partial charge >= 0.3 is 0 Å².